The molecule has 0 saturated carbocycles. The molecule has 0 N–H and O–H groups in total. The molecule has 6 heteroatoms. The predicted molar refractivity (Wildman–Crippen MR) is 93.0 cm³/mol. The number of rotatable bonds is 2. The normalized spacial score (nSPS) is 22.2. The average molecular weight is 411 g/mol. The fraction of sp³-hybridized carbons (Fsp3) is 0.211. The van der Waals surface area contributed by atoms with Crippen molar-refractivity contribution in [2.45, 2.75) is 19.5 Å². The Hall–Kier alpha value is -2.08. The second-order valence-electron chi connectivity index (χ2n) is 6.06. The van der Waals surface area contributed by atoms with Crippen molar-refractivity contribution in [3.8, 4) is 5.75 Å². The Morgan fingerprint density at radius 2 is 1.68 bits per heavy atom. The zero-order chi connectivity index (χ0) is 18.2. The van der Waals surface area contributed by atoms with Gasteiger partial charge in [-0.3, -0.25) is 4.79 Å². The van der Waals surface area contributed by atoms with Gasteiger partial charge in [-0.25, -0.2) is 0 Å². The highest BCUT2D eigenvalue weighted by Gasteiger charge is 2.52. The number of alkyl halides is 3. The molecule has 0 amide bonds. The predicted octanol–water partition coefficient (Wildman–Crippen LogP) is 5.83. The third kappa shape index (κ3) is 3.35. The number of hydrogen-bond donors (Lipinski definition) is 0. The average Bonchev–Trinajstić information content (AvgIpc) is 2.55. The quantitative estimate of drug-likeness (QED) is 0.459. The van der Waals surface area contributed by atoms with Crippen LogP contribution in [0.1, 0.15) is 24.5 Å². The molecular formula is C19H14BrF3O2. The molecule has 0 aliphatic carbocycles. The van der Waals surface area contributed by atoms with E-state index in [9.17, 15) is 18.0 Å². The molecule has 1 aliphatic heterocycles. The maximum Gasteiger partial charge on any atom is 0.390 e. The van der Waals surface area contributed by atoms with Crippen LogP contribution in [-0.4, -0.2) is 12.1 Å². The number of carbonyl (C=O) groups excluding carboxylic acids is 1. The van der Waals surface area contributed by atoms with Crippen molar-refractivity contribution in [3.63, 3.8) is 0 Å². The van der Waals surface area contributed by atoms with Crippen LogP contribution in [0.15, 0.2) is 54.6 Å². The van der Waals surface area contributed by atoms with Crippen molar-refractivity contribution in [1.82, 2.24) is 0 Å². The second-order valence-corrected chi connectivity index (χ2v) is 6.86. The lowest BCUT2D eigenvalue weighted by Gasteiger charge is -2.36. The largest absolute Gasteiger partial charge is 0.425 e. The number of hydrogen-bond acceptors (Lipinski definition) is 2. The minimum atomic E-state index is -4.52. The Kier molecular flexibility index (Phi) is 4.49. The molecule has 1 unspecified atom stereocenters. The van der Waals surface area contributed by atoms with Gasteiger partial charge in [-0.1, -0.05) is 48.5 Å². The summed E-state index contributed by atoms with van der Waals surface area (Å²) in [5.74, 6) is -0.651. The number of ether oxygens (including phenoxy) is 1. The van der Waals surface area contributed by atoms with Crippen LogP contribution in [0.5, 0.6) is 5.75 Å². The zero-order valence-corrected chi connectivity index (χ0v) is 14.8. The summed E-state index contributed by atoms with van der Waals surface area (Å²) in [6, 6.07) is 15.5. The van der Waals surface area contributed by atoms with Crippen LogP contribution in [0.4, 0.5) is 13.2 Å². The number of benzene rings is 2. The van der Waals surface area contributed by atoms with Crippen molar-refractivity contribution in [1.29, 1.82) is 0 Å². The number of esters is 1. The van der Waals surface area contributed by atoms with Gasteiger partial charge in [-0.05, 0) is 40.1 Å². The van der Waals surface area contributed by atoms with E-state index < -0.39 is 24.0 Å². The summed E-state index contributed by atoms with van der Waals surface area (Å²) in [7, 11) is 0. The lowest BCUT2D eigenvalue weighted by molar-refractivity contribution is -0.168. The summed E-state index contributed by atoms with van der Waals surface area (Å²) < 4.78 is 45.3. The molecule has 0 bridgehead atoms. The molecule has 2 nitrogen and oxygen atoms in total. The Bertz CT molecular complexity index is 843. The van der Waals surface area contributed by atoms with E-state index in [4.69, 9.17) is 4.74 Å². The van der Waals surface area contributed by atoms with Crippen LogP contribution < -0.4 is 4.74 Å². The SMILES string of the molecule is CC1(CC(F)(F)F)C(=O)Oc2ccccc2/C1=C(\Br)c1ccccc1. The molecule has 25 heavy (non-hydrogen) atoms. The van der Waals surface area contributed by atoms with Gasteiger partial charge in [0.2, 0.25) is 0 Å². The van der Waals surface area contributed by atoms with Gasteiger partial charge < -0.3 is 4.74 Å². The topological polar surface area (TPSA) is 26.3 Å². The van der Waals surface area contributed by atoms with E-state index in [0.717, 1.165) is 0 Å². The van der Waals surface area contributed by atoms with E-state index >= 15 is 0 Å². The van der Waals surface area contributed by atoms with Gasteiger partial charge in [0.25, 0.3) is 0 Å². The smallest absolute Gasteiger partial charge is 0.390 e. The molecule has 0 saturated heterocycles. The second kappa shape index (κ2) is 6.33. The molecule has 2 aromatic rings. The third-order valence-electron chi connectivity index (χ3n) is 4.16. The minimum absolute atomic E-state index is 0.259. The standard InChI is InChI=1S/C19H14BrF3O2/c1-18(11-19(21,22)23)15(16(20)12-7-3-2-4-8-12)13-9-5-6-10-14(13)25-17(18)24/h2-10H,11H2,1H3/b16-15+. The van der Waals surface area contributed by atoms with Gasteiger partial charge in [-0.2, -0.15) is 13.2 Å². The van der Waals surface area contributed by atoms with Crippen molar-refractivity contribution < 1.29 is 22.7 Å². The molecule has 0 aromatic heterocycles. The van der Waals surface area contributed by atoms with Crippen molar-refractivity contribution >= 4 is 32.0 Å². The zero-order valence-electron chi connectivity index (χ0n) is 13.2. The molecular weight excluding hydrogens is 397 g/mol. The monoisotopic (exact) mass is 410 g/mol. The Labute approximate surface area is 151 Å². The van der Waals surface area contributed by atoms with E-state index in [-0.39, 0.29) is 11.3 Å². The van der Waals surface area contributed by atoms with Crippen LogP contribution in [0, 0.1) is 5.41 Å². The Morgan fingerprint density at radius 3 is 2.32 bits per heavy atom. The summed E-state index contributed by atoms with van der Waals surface area (Å²) >= 11 is 3.43. The van der Waals surface area contributed by atoms with Gasteiger partial charge in [0, 0.05) is 10.0 Å². The number of fused-ring (bicyclic) bond motifs is 1. The Morgan fingerprint density at radius 1 is 1.08 bits per heavy atom. The van der Waals surface area contributed by atoms with Gasteiger partial charge in [0.1, 0.15) is 11.2 Å². The lowest BCUT2D eigenvalue weighted by atomic mass is 9.73. The van der Waals surface area contributed by atoms with Gasteiger partial charge in [-0.15, -0.1) is 0 Å². The summed E-state index contributed by atoms with van der Waals surface area (Å²) in [4.78, 5) is 12.5. The molecule has 0 fully saturated rings. The van der Waals surface area contributed by atoms with E-state index in [1.807, 2.05) is 6.07 Å². The molecule has 1 atom stereocenters. The highest BCUT2D eigenvalue weighted by atomic mass is 79.9. The lowest BCUT2D eigenvalue weighted by Crippen LogP contribution is -2.40. The van der Waals surface area contributed by atoms with E-state index in [2.05, 4.69) is 15.9 Å². The van der Waals surface area contributed by atoms with E-state index in [1.54, 1.807) is 48.5 Å². The molecule has 1 aliphatic rings. The molecule has 1 heterocycles. The summed E-state index contributed by atoms with van der Waals surface area (Å²) in [5.41, 5.74) is -0.399. The van der Waals surface area contributed by atoms with E-state index in [1.165, 1.54) is 6.92 Å². The van der Waals surface area contributed by atoms with Crippen molar-refractivity contribution in [2.24, 2.45) is 5.41 Å². The summed E-state index contributed by atoms with van der Waals surface area (Å²) in [6.45, 7) is 1.28. The molecule has 2 aromatic carbocycles. The third-order valence-corrected chi connectivity index (χ3v) is 5.02. The molecule has 3 rings (SSSR count). The maximum atomic E-state index is 13.2. The molecule has 0 radical (unpaired) electrons. The summed E-state index contributed by atoms with van der Waals surface area (Å²) in [5, 5.41) is 0. The molecule has 130 valence electrons. The van der Waals surface area contributed by atoms with Gasteiger partial charge >= 0.3 is 12.1 Å². The van der Waals surface area contributed by atoms with Crippen molar-refractivity contribution in [2.75, 3.05) is 0 Å². The number of para-hydroxylation sites is 1. The first-order chi connectivity index (χ1) is 11.7. The number of carbonyl (C=O) groups is 1. The van der Waals surface area contributed by atoms with Crippen molar-refractivity contribution in [3.05, 3.63) is 65.7 Å². The summed E-state index contributed by atoms with van der Waals surface area (Å²) in [6.07, 6.45) is -5.82. The van der Waals surface area contributed by atoms with Crippen LogP contribution >= 0.6 is 15.9 Å². The fourth-order valence-corrected chi connectivity index (χ4v) is 3.94. The van der Waals surface area contributed by atoms with E-state index in [0.29, 0.717) is 15.6 Å². The van der Waals surface area contributed by atoms with Gasteiger partial charge in [0.05, 0.1) is 6.42 Å². The van der Waals surface area contributed by atoms with Crippen LogP contribution in [0.3, 0.4) is 0 Å². The fourth-order valence-electron chi connectivity index (χ4n) is 3.02. The van der Waals surface area contributed by atoms with Gasteiger partial charge in [0.15, 0.2) is 0 Å². The first kappa shape index (κ1) is 17.7. The maximum absolute atomic E-state index is 13.2. The highest BCUT2D eigenvalue weighted by Crippen LogP contribution is 2.53. The first-order valence-electron chi connectivity index (χ1n) is 7.56. The van der Waals surface area contributed by atoms with Crippen LogP contribution in [0.25, 0.3) is 10.1 Å². The molecule has 0 spiro atoms. The van der Waals surface area contributed by atoms with Crippen LogP contribution in [0.2, 0.25) is 0 Å². The van der Waals surface area contributed by atoms with Crippen LogP contribution in [-0.2, 0) is 4.79 Å². The number of halogens is 4. The first-order valence-corrected chi connectivity index (χ1v) is 8.36. The highest BCUT2D eigenvalue weighted by molar-refractivity contribution is 9.15. The minimum Gasteiger partial charge on any atom is -0.425 e. The Balaban J connectivity index is 2.29.